The molecule has 0 bridgehead atoms. The van der Waals surface area contributed by atoms with Crippen LogP contribution in [0.4, 0.5) is 0 Å². The number of nitrogens with one attached hydrogen (secondary N) is 1. The van der Waals surface area contributed by atoms with Crippen LogP contribution in [-0.2, 0) is 0 Å². The minimum atomic E-state index is -0.542. The van der Waals surface area contributed by atoms with Crippen molar-refractivity contribution in [1.29, 1.82) is 0 Å². The Morgan fingerprint density at radius 3 is 2.44 bits per heavy atom. The molecule has 0 aromatic heterocycles. The van der Waals surface area contributed by atoms with E-state index in [4.69, 9.17) is 4.74 Å². The van der Waals surface area contributed by atoms with Crippen molar-refractivity contribution >= 4 is 5.78 Å². The van der Waals surface area contributed by atoms with Crippen molar-refractivity contribution in [3.8, 4) is 5.75 Å². The van der Waals surface area contributed by atoms with Crippen molar-refractivity contribution in [3.63, 3.8) is 0 Å². The number of ketones is 1. The Hall–Kier alpha value is -1.35. The number of ether oxygens (including phenoxy) is 1. The van der Waals surface area contributed by atoms with E-state index < -0.39 is 5.54 Å². The standard InChI is InChI=1S/C13H19NO2/c1-9-8-10(16-5)6-7-11(9)12(15)13(2,3)14-4/h6-8,14H,1-5H3. The molecule has 16 heavy (non-hydrogen) atoms. The van der Waals surface area contributed by atoms with Gasteiger partial charge in [0.2, 0.25) is 0 Å². The third kappa shape index (κ3) is 2.42. The van der Waals surface area contributed by atoms with E-state index in [0.29, 0.717) is 0 Å². The van der Waals surface area contributed by atoms with E-state index in [1.165, 1.54) is 0 Å². The summed E-state index contributed by atoms with van der Waals surface area (Å²) in [6, 6.07) is 5.50. The second-order valence-electron chi connectivity index (χ2n) is 4.38. The van der Waals surface area contributed by atoms with Gasteiger partial charge >= 0.3 is 0 Å². The summed E-state index contributed by atoms with van der Waals surface area (Å²) in [4.78, 5) is 12.2. The normalized spacial score (nSPS) is 11.3. The minimum absolute atomic E-state index is 0.0927. The average Bonchev–Trinajstić information content (AvgIpc) is 2.28. The van der Waals surface area contributed by atoms with Gasteiger partial charge in [-0.3, -0.25) is 4.79 Å². The van der Waals surface area contributed by atoms with Crippen molar-refractivity contribution in [2.24, 2.45) is 0 Å². The molecule has 0 unspecified atom stereocenters. The van der Waals surface area contributed by atoms with Crippen LogP contribution in [0.5, 0.6) is 5.75 Å². The molecule has 1 aromatic rings. The number of Topliss-reactive ketones (excluding diaryl/α,β-unsaturated/α-hetero) is 1. The number of aryl methyl sites for hydroxylation is 1. The summed E-state index contributed by atoms with van der Waals surface area (Å²) in [5.41, 5.74) is 1.13. The summed E-state index contributed by atoms with van der Waals surface area (Å²) in [7, 11) is 3.41. The lowest BCUT2D eigenvalue weighted by Crippen LogP contribution is -2.44. The van der Waals surface area contributed by atoms with Crippen LogP contribution in [0.2, 0.25) is 0 Å². The Kier molecular flexibility index (Phi) is 3.70. The van der Waals surface area contributed by atoms with Gasteiger partial charge < -0.3 is 10.1 Å². The molecule has 0 saturated carbocycles. The predicted molar refractivity (Wildman–Crippen MR) is 65.2 cm³/mol. The van der Waals surface area contributed by atoms with Crippen LogP contribution in [0.3, 0.4) is 0 Å². The second-order valence-corrected chi connectivity index (χ2v) is 4.38. The lowest BCUT2D eigenvalue weighted by molar-refractivity contribution is 0.0889. The summed E-state index contributed by atoms with van der Waals surface area (Å²) in [5, 5.41) is 3.01. The van der Waals surface area contributed by atoms with Gasteiger partial charge in [-0.2, -0.15) is 0 Å². The Bertz CT molecular complexity index is 397. The van der Waals surface area contributed by atoms with Crippen LogP contribution in [0, 0.1) is 6.92 Å². The fraction of sp³-hybridized carbons (Fsp3) is 0.462. The first-order valence-corrected chi connectivity index (χ1v) is 5.30. The number of benzene rings is 1. The van der Waals surface area contributed by atoms with Crippen LogP contribution >= 0.6 is 0 Å². The summed E-state index contributed by atoms with van der Waals surface area (Å²) < 4.78 is 5.11. The fourth-order valence-electron chi connectivity index (χ4n) is 1.47. The molecule has 88 valence electrons. The molecule has 1 N–H and O–H groups in total. The van der Waals surface area contributed by atoms with E-state index in [9.17, 15) is 4.79 Å². The summed E-state index contributed by atoms with van der Waals surface area (Å²) in [6.07, 6.45) is 0. The quantitative estimate of drug-likeness (QED) is 0.792. The molecule has 1 rings (SSSR count). The topological polar surface area (TPSA) is 38.3 Å². The third-order valence-electron chi connectivity index (χ3n) is 2.87. The van der Waals surface area contributed by atoms with Gasteiger partial charge in [0.05, 0.1) is 12.6 Å². The molecular formula is C13H19NO2. The number of hydrogen-bond acceptors (Lipinski definition) is 3. The van der Waals surface area contributed by atoms with Crippen molar-refractivity contribution < 1.29 is 9.53 Å². The molecule has 0 amide bonds. The molecule has 0 aliphatic heterocycles. The van der Waals surface area contributed by atoms with E-state index in [-0.39, 0.29) is 5.78 Å². The maximum atomic E-state index is 12.2. The molecule has 1 aromatic carbocycles. The molecule has 0 atom stereocenters. The Labute approximate surface area is 96.8 Å². The van der Waals surface area contributed by atoms with Crippen LogP contribution in [-0.4, -0.2) is 25.5 Å². The zero-order valence-corrected chi connectivity index (χ0v) is 10.5. The van der Waals surface area contributed by atoms with Crippen LogP contribution in [0.25, 0.3) is 0 Å². The first kappa shape index (κ1) is 12.7. The molecular weight excluding hydrogens is 202 g/mol. The van der Waals surface area contributed by atoms with Gasteiger partial charge in [0.25, 0.3) is 0 Å². The molecule has 0 spiro atoms. The minimum Gasteiger partial charge on any atom is -0.497 e. The lowest BCUT2D eigenvalue weighted by atomic mass is 9.91. The number of methoxy groups -OCH3 is 1. The number of hydrogen-bond donors (Lipinski definition) is 1. The molecule has 3 nitrogen and oxygen atoms in total. The predicted octanol–water partition coefficient (Wildman–Crippen LogP) is 2.18. The van der Waals surface area contributed by atoms with Crippen molar-refractivity contribution in [1.82, 2.24) is 5.32 Å². The molecule has 0 saturated heterocycles. The van der Waals surface area contributed by atoms with E-state index in [1.54, 1.807) is 14.2 Å². The first-order chi connectivity index (χ1) is 7.42. The molecule has 0 aliphatic carbocycles. The number of carbonyl (C=O) groups excluding carboxylic acids is 1. The van der Waals surface area contributed by atoms with E-state index in [0.717, 1.165) is 16.9 Å². The second kappa shape index (κ2) is 4.66. The molecule has 0 aliphatic rings. The largest absolute Gasteiger partial charge is 0.497 e. The molecule has 3 heteroatoms. The van der Waals surface area contributed by atoms with Gasteiger partial charge in [-0.15, -0.1) is 0 Å². The van der Waals surface area contributed by atoms with Crippen LogP contribution in [0.15, 0.2) is 18.2 Å². The van der Waals surface area contributed by atoms with E-state index in [2.05, 4.69) is 5.32 Å². The molecule has 0 radical (unpaired) electrons. The summed E-state index contributed by atoms with van der Waals surface area (Å²) in [5.74, 6) is 0.867. The Morgan fingerprint density at radius 2 is 2.00 bits per heavy atom. The zero-order chi connectivity index (χ0) is 12.3. The number of carbonyl (C=O) groups is 1. The zero-order valence-electron chi connectivity index (χ0n) is 10.5. The van der Waals surface area contributed by atoms with E-state index in [1.807, 2.05) is 39.0 Å². The summed E-state index contributed by atoms with van der Waals surface area (Å²) >= 11 is 0. The monoisotopic (exact) mass is 221 g/mol. The summed E-state index contributed by atoms with van der Waals surface area (Å²) in [6.45, 7) is 5.67. The van der Waals surface area contributed by atoms with Gasteiger partial charge in [-0.05, 0) is 51.6 Å². The maximum absolute atomic E-state index is 12.2. The van der Waals surface area contributed by atoms with Gasteiger partial charge in [-0.1, -0.05) is 0 Å². The van der Waals surface area contributed by atoms with E-state index >= 15 is 0 Å². The molecule has 0 heterocycles. The SMILES string of the molecule is CNC(C)(C)C(=O)c1ccc(OC)cc1C. The van der Waals surface area contributed by atoms with Gasteiger partial charge in [0, 0.05) is 5.56 Å². The highest BCUT2D eigenvalue weighted by Crippen LogP contribution is 2.21. The van der Waals surface area contributed by atoms with Crippen molar-refractivity contribution in [2.45, 2.75) is 26.3 Å². The van der Waals surface area contributed by atoms with Gasteiger partial charge in [0.1, 0.15) is 5.75 Å². The Morgan fingerprint density at radius 1 is 1.38 bits per heavy atom. The maximum Gasteiger partial charge on any atom is 0.182 e. The van der Waals surface area contributed by atoms with Crippen LogP contribution in [0.1, 0.15) is 29.8 Å². The van der Waals surface area contributed by atoms with Gasteiger partial charge in [0.15, 0.2) is 5.78 Å². The number of likely N-dealkylation sites (N-methyl/N-ethyl adjacent to an activating group) is 1. The average molecular weight is 221 g/mol. The first-order valence-electron chi connectivity index (χ1n) is 5.30. The third-order valence-corrected chi connectivity index (χ3v) is 2.87. The van der Waals surface area contributed by atoms with Gasteiger partial charge in [-0.25, -0.2) is 0 Å². The lowest BCUT2D eigenvalue weighted by Gasteiger charge is -2.23. The highest BCUT2D eigenvalue weighted by molar-refractivity contribution is 6.03. The highest BCUT2D eigenvalue weighted by Gasteiger charge is 2.27. The molecule has 0 fully saturated rings. The highest BCUT2D eigenvalue weighted by atomic mass is 16.5. The Balaban J connectivity index is 3.10. The van der Waals surface area contributed by atoms with Crippen molar-refractivity contribution in [2.75, 3.05) is 14.2 Å². The smallest absolute Gasteiger partial charge is 0.182 e. The van der Waals surface area contributed by atoms with Crippen LogP contribution < -0.4 is 10.1 Å². The number of rotatable bonds is 4. The van der Waals surface area contributed by atoms with Crippen molar-refractivity contribution in [3.05, 3.63) is 29.3 Å². The fourth-order valence-corrected chi connectivity index (χ4v) is 1.47.